The third-order valence-corrected chi connectivity index (χ3v) is 4.10. The van der Waals surface area contributed by atoms with Crippen molar-refractivity contribution in [1.82, 2.24) is 15.2 Å². The molecule has 3 N–H and O–H groups in total. The second-order valence-corrected chi connectivity index (χ2v) is 5.82. The Morgan fingerprint density at radius 2 is 2.17 bits per heavy atom. The van der Waals surface area contributed by atoms with Crippen molar-refractivity contribution < 1.29 is 4.79 Å². The van der Waals surface area contributed by atoms with Crippen molar-refractivity contribution in [2.24, 2.45) is 5.73 Å². The van der Waals surface area contributed by atoms with Crippen LogP contribution >= 0.6 is 11.6 Å². The predicted octanol–water partition coefficient (Wildman–Crippen LogP) is 1.70. The number of anilines is 2. The highest BCUT2D eigenvalue weighted by atomic mass is 35.5. The first-order valence-electron chi connectivity index (χ1n) is 7.38. The molecule has 0 aliphatic carbocycles. The maximum absolute atomic E-state index is 11.1. The van der Waals surface area contributed by atoms with Crippen molar-refractivity contribution in [2.75, 3.05) is 23.3 Å². The minimum Gasteiger partial charge on any atom is -0.366 e. The summed E-state index contributed by atoms with van der Waals surface area (Å²) in [5.74, 6) is 0.945. The molecule has 0 aromatic carbocycles. The quantitative estimate of drug-likeness (QED) is 0.884. The first-order chi connectivity index (χ1) is 11.1. The Balaban J connectivity index is 1.62. The minimum absolute atomic E-state index is 0.318. The number of carbonyl (C=O) groups excluding carboxylic acids is 1. The van der Waals surface area contributed by atoms with E-state index in [0.717, 1.165) is 31.7 Å². The highest BCUT2D eigenvalue weighted by molar-refractivity contribution is 6.33. The van der Waals surface area contributed by atoms with Gasteiger partial charge in [0.05, 0.1) is 10.6 Å². The monoisotopic (exact) mass is 332 g/mol. The van der Waals surface area contributed by atoms with Gasteiger partial charge in [-0.05, 0) is 31.0 Å². The zero-order valence-electron chi connectivity index (χ0n) is 12.4. The van der Waals surface area contributed by atoms with E-state index in [1.165, 1.54) is 6.20 Å². The average molecular weight is 333 g/mol. The van der Waals surface area contributed by atoms with Gasteiger partial charge in [-0.3, -0.25) is 4.79 Å². The van der Waals surface area contributed by atoms with E-state index in [0.29, 0.717) is 22.4 Å². The Labute approximate surface area is 138 Å². The van der Waals surface area contributed by atoms with Gasteiger partial charge in [-0.1, -0.05) is 11.6 Å². The van der Waals surface area contributed by atoms with Crippen molar-refractivity contribution in [3.8, 4) is 0 Å². The summed E-state index contributed by atoms with van der Waals surface area (Å²) in [6.45, 7) is 1.64. The van der Waals surface area contributed by atoms with E-state index >= 15 is 0 Å². The van der Waals surface area contributed by atoms with Crippen LogP contribution in [0.15, 0.2) is 30.6 Å². The number of amides is 1. The van der Waals surface area contributed by atoms with Gasteiger partial charge in [0.25, 0.3) is 0 Å². The summed E-state index contributed by atoms with van der Waals surface area (Å²) in [4.78, 5) is 17.5. The number of primary amides is 1. The lowest BCUT2D eigenvalue weighted by Crippen LogP contribution is -2.39. The standard InChI is InChI=1S/C15H17ClN6O/c16-12-8-10(14(17)23)9-18-15(12)22-6-3-11(4-7-22)20-13-2-1-5-19-21-13/h1-2,5,8-9,11H,3-4,6-7H2,(H2,17,23)(H,20,21). The molecule has 120 valence electrons. The molecule has 1 fully saturated rings. The second kappa shape index (κ2) is 6.78. The number of aromatic nitrogens is 3. The third kappa shape index (κ3) is 3.68. The molecule has 0 spiro atoms. The number of hydrogen-bond donors (Lipinski definition) is 2. The van der Waals surface area contributed by atoms with Crippen LogP contribution in [-0.2, 0) is 0 Å². The van der Waals surface area contributed by atoms with E-state index in [1.54, 1.807) is 12.3 Å². The highest BCUT2D eigenvalue weighted by Gasteiger charge is 2.22. The lowest BCUT2D eigenvalue weighted by atomic mass is 10.0. The van der Waals surface area contributed by atoms with Crippen molar-refractivity contribution in [1.29, 1.82) is 0 Å². The number of nitrogens with two attached hydrogens (primary N) is 1. The SMILES string of the molecule is NC(=O)c1cnc(N2CCC(Nc3cccnn3)CC2)c(Cl)c1. The van der Waals surface area contributed by atoms with Crippen molar-refractivity contribution in [3.05, 3.63) is 41.2 Å². The lowest BCUT2D eigenvalue weighted by molar-refractivity contribution is 0.1000. The lowest BCUT2D eigenvalue weighted by Gasteiger charge is -2.33. The largest absolute Gasteiger partial charge is 0.366 e. The Morgan fingerprint density at radius 3 is 2.78 bits per heavy atom. The zero-order chi connectivity index (χ0) is 16.2. The van der Waals surface area contributed by atoms with Crippen LogP contribution in [0.25, 0.3) is 0 Å². The molecule has 7 nitrogen and oxygen atoms in total. The normalized spacial score (nSPS) is 15.4. The summed E-state index contributed by atoms with van der Waals surface area (Å²) in [7, 11) is 0. The first-order valence-corrected chi connectivity index (χ1v) is 7.76. The minimum atomic E-state index is -0.530. The van der Waals surface area contributed by atoms with Crippen molar-refractivity contribution in [3.63, 3.8) is 0 Å². The molecular weight excluding hydrogens is 316 g/mol. The molecule has 0 radical (unpaired) electrons. The van der Waals surface area contributed by atoms with Gasteiger partial charge in [0, 0.05) is 31.5 Å². The molecule has 8 heteroatoms. The number of carbonyl (C=O) groups is 1. The molecule has 2 aromatic rings. The molecule has 0 bridgehead atoms. The molecule has 1 amide bonds. The van der Waals surface area contributed by atoms with Gasteiger partial charge in [0.15, 0.2) is 0 Å². The topological polar surface area (TPSA) is 97.0 Å². The van der Waals surface area contributed by atoms with Crippen LogP contribution in [-0.4, -0.2) is 40.2 Å². The molecule has 23 heavy (non-hydrogen) atoms. The zero-order valence-corrected chi connectivity index (χ0v) is 13.2. The van der Waals surface area contributed by atoms with Gasteiger partial charge in [-0.2, -0.15) is 5.10 Å². The van der Waals surface area contributed by atoms with E-state index in [2.05, 4.69) is 25.4 Å². The van der Waals surface area contributed by atoms with Gasteiger partial charge >= 0.3 is 0 Å². The van der Waals surface area contributed by atoms with Crippen LogP contribution in [0, 0.1) is 0 Å². The van der Waals surface area contributed by atoms with Gasteiger partial charge < -0.3 is 16.0 Å². The molecule has 0 atom stereocenters. The Kier molecular flexibility index (Phi) is 4.57. The Hall–Kier alpha value is -2.41. The summed E-state index contributed by atoms with van der Waals surface area (Å²) in [5.41, 5.74) is 5.55. The molecule has 3 heterocycles. The van der Waals surface area contributed by atoms with E-state index < -0.39 is 5.91 Å². The molecule has 1 aliphatic heterocycles. The van der Waals surface area contributed by atoms with Crippen LogP contribution in [0.2, 0.25) is 5.02 Å². The molecule has 0 unspecified atom stereocenters. The van der Waals surface area contributed by atoms with Gasteiger partial charge in [0.1, 0.15) is 11.6 Å². The third-order valence-electron chi connectivity index (χ3n) is 3.83. The van der Waals surface area contributed by atoms with Crippen molar-refractivity contribution in [2.45, 2.75) is 18.9 Å². The smallest absolute Gasteiger partial charge is 0.250 e. The maximum Gasteiger partial charge on any atom is 0.250 e. The summed E-state index contributed by atoms with van der Waals surface area (Å²) >= 11 is 6.23. The molecule has 1 aliphatic rings. The maximum atomic E-state index is 11.1. The number of rotatable bonds is 4. The summed E-state index contributed by atoms with van der Waals surface area (Å²) < 4.78 is 0. The number of hydrogen-bond acceptors (Lipinski definition) is 6. The van der Waals surface area contributed by atoms with E-state index in [4.69, 9.17) is 17.3 Å². The van der Waals surface area contributed by atoms with E-state index in [-0.39, 0.29) is 0 Å². The van der Waals surface area contributed by atoms with Gasteiger partial charge in [-0.25, -0.2) is 4.98 Å². The van der Waals surface area contributed by atoms with Crippen LogP contribution in [0.5, 0.6) is 0 Å². The molecule has 0 saturated carbocycles. The fourth-order valence-corrected chi connectivity index (χ4v) is 2.91. The number of piperidine rings is 1. The second-order valence-electron chi connectivity index (χ2n) is 5.41. The first kappa shape index (κ1) is 15.5. The fourth-order valence-electron chi connectivity index (χ4n) is 2.62. The number of nitrogens with zero attached hydrogens (tertiary/aromatic N) is 4. The van der Waals surface area contributed by atoms with E-state index in [9.17, 15) is 4.79 Å². The number of nitrogens with one attached hydrogen (secondary N) is 1. The summed E-state index contributed by atoms with van der Waals surface area (Å²) in [6.07, 6.45) is 4.99. The average Bonchev–Trinajstić information content (AvgIpc) is 2.56. The summed E-state index contributed by atoms with van der Waals surface area (Å²) in [6, 6.07) is 5.66. The van der Waals surface area contributed by atoms with E-state index in [1.807, 2.05) is 12.1 Å². The fraction of sp³-hybridized carbons (Fsp3) is 0.333. The highest BCUT2D eigenvalue weighted by Crippen LogP contribution is 2.27. The number of halogens is 1. The van der Waals surface area contributed by atoms with Crippen molar-refractivity contribution >= 4 is 29.1 Å². The van der Waals surface area contributed by atoms with Crippen LogP contribution in [0.3, 0.4) is 0 Å². The molecular formula is C15H17ClN6O. The van der Waals surface area contributed by atoms with Gasteiger partial charge in [-0.15, -0.1) is 5.10 Å². The summed E-state index contributed by atoms with van der Waals surface area (Å²) in [5, 5.41) is 11.7. The number of pyridine rings is 1. The Morgan fingerprint density at radius 1 is 1.39 bits per heavy atom. The van der Waals surface area contributed by atoms with Crippen LogP contribution < -0.4 is 16.0 Å². The van der Waals surface area contributed by atoms with Crippen LogP contribution in [0.4, 0.5) is 11.6 Å². The Bertz CT molecular complexity index is 688. The predicted molar refractivity (Wildman–Crippen MR) is 88.7 cm³/mol. The molecule has 3 rings (SSSR count). The molecule has 1 saturated heterocycles. The van der Waals surface area contributed by atoms with Crippen LogP contribution in [0.1, 0.15) is 23.2 Å². The molecule has 2 aromatic heterocycles. The van der Waals surface area contributed by atoms with Gasteiger partial charge in [0.2, 0.25) is 5.91 Å².